The Morgan fingerprint density at radius 1 is 0.971 bits per heavy atom. The standard InChI is InChI=1S/C27H48O6S/c1-17(2)7-6-8-18(3)21-9-10-22-20-15-24(29)27(33-34(30,31)32)16-19(28)11-14-26(27,5)23(20)12-13-25(21,22)4/h17-24,28-29H,6-16H2,1-5H3,(H,30,31,32)/t18-,19+,20+,21-,22+,23+,24-,25-,26-,27+/m1/s1. The Kier molecular flexibility index (Phi) is 7.32. The van der Waals surface area contributed by atoms with E-state index in [1.807, 2.05) is 6.92 Å². The molecule has 4 rings (SSSR count). The molecule has 0 radical (unpaired) electrons. The van der Waals surface area contributed by atoms with Gasteiger partial charge in [0, 0.05) is 11.8 Å². The SMILES string of the molecule is CC(C)CCC[C@@H](C)[C@H]1CC[C@H]2[C@@H]3C[C@@H](O)[C@@]4(OS(=O)(=O)O)C[C@@H](O)CC[C@]4(C)[C@H]3CC[C@]12C. The topological polar surface area (TPSA) is 104 Å². The van der Waals surface area contributed by atoms with Gasteiger partial charge in [-0.05, 0) is 85.9 Å². The van der Waals surface area contributed by atoms with Crippen molar-refractivity contribution in [3.05, 3.63) is 0 Å². The van der Waals surface area contributed by atoms with Gasteiger partial charge in [-0.1, -0.05) is 53.9 Å². The van der Waals surface area contributed by atoms with Crippen LogP contribution in [-0.2, 0) is 14.6 Å². The lowest BCUT2D eigenvalue weighted by molar-refractivity contribution is -0.253. The molecule has 6 nitrogen and oxygen atoms in total. The molecule has 0 unspecified atom stereocenters. The molecule has 4 saturated carbocycles. The smallest absolute Gasteiger partial charge is 0.393 e. The number of fused-ring (bicyclic) bond motifs is 5. The minimum Gasteiger partial charge on any atom is -0.393 e. The summed E-state index contributed by atoms with van der Waals surface area (Å²) in [7, 11) is -4.77. The zero-order valence-electron chi connectivity index (χ0n) is 21.9. The lowest BCUT2D eigenvalue weighted by Crippen LogP contribution is -2.70. The third kappa shape index (κ3) is 4.40. The maximum atomic E-state index is 11.9. The van der Waals surface area contributed by atoms with Gasteiger partial charge in [-0.2, -0.15) is 8.42 Å². The van der Waals surface area contributed by atoms with Gasteiger partial charge in [-0.25, -0.2) is 4.18 Å². The van der Waals surface area contributed by atoms with Gasteiger partial charge in [0.05, 0.1) is 12.2 Å². The Morgan fingerprint density at radius 3 is 2.32 bits per heavy atom. The second-order valence-electron chi connectivity index (χ2n) is 13.4. The molecule has 0 heterocycles. The minimum absolute atomic E-state index is 0.0467. The van der Waals surface area contributed by atoms with Crippen molar-refractivity contribution in [1.29, 1.82) is 0 Å². The molecule has 0 aliphatic heterocycles. The van der Waals surface area contributed by atoms with Crippen molar-refractivity contribution in [2.75, 3.05) is 0 Å². The highest BCUT2D eigenvalue weighted by Gasteiger charge is 2.69. The summed E-state index contributed by atoms with van der Waals surface area (Å²) in [5.74, 6) is 3.20. The van der Waals surface area contributed by atoms with Crippen LogP contribution in [0.15, 0.2) is 0 Å². The van der Waals surface area contributed by atoms with E-state index in [2.05, 4.69) is 27.7 Å². The summed E-state index contributed by atoms with van der Waals surface area (Å²) in [6.07, 6.45) is 8.31. The summed E-state index contributed by atoms with van der Waals surface area (Å²) in [6, 6.07) is 0. The van der Waals surface area contributed by atoms with E-state index in [1.54, 1.807) is 0 Å². The second kappa shape index (κ2) is 9.27. The summed E-state index contributed by atoms with van der Waals surface area (Å²) in [5, 5.41) is 21.9. The van der Waals surface area contributed by atoms with E-state index in [0.29, 0.717) is 42.9 Å². The third-order valence-corrected chi connectivity index (χ3v) is 11.8. The van der Waals surface area contributed by atoms with Gasteiger partial charge in [0.25, 0.3) is 0 Å². The molecule has 10 atom stereocenters. The van der Waals surface area contributed by atoms with E-state index in [-0.39, 0.29) is 17.8 Å². The van der Waals surface area contributed by atoms with Crippen LogP contribution in [-0.4, -0.2) is 41.0 Å². The summed E-state index contributed by atoms with van der Waals surface area (Å²) < 4.78 is 38.9. The van der Waals surface area contributed by atoms with Crippen molar-refractivity contribution in [3.63, 3.8) is 0 Å². The largest absolute Gasteiger partial charge is 0.398 e. The second-order valence-corrected chi connectivity index (χ2v) is 14.4. The van der Waals surface area contributed by atoms with Crippen LogP contribution < -0.4 is 0 Å². The van der Waals surface area contributed by atoms with Crippen molar-refractivity contribution >= 4 is 10.4 Å². The molecule has 4 aliphatic rings. The van der Waals surface area contributed by atoms with E-state index >= 15 is 0 Å². The Bertz CT molecular complexity index is 844. The molecule has 0 bridgehead atoms. The van der Waals surface area contributed by atoms with Crippen LogP contribution in [0.2, 0.25) is 0 Å². The molecular weight excluding hydrogens is 452 g/mol. The molecule has 0 spiro atoms. The molecule has 3 N–H and O–H groups in total. The molecule has 4 aliphatic carbocycles. The Morgan fingerprint density at radius 2 is 1.68 bits per heavy atom. The maximum absolute atomic E-state index is 11.9. The predicted molar refractivity (Wildman–Crippen MR) is 132 cm³/mol. The first kappa shape index (κ1) is 26.8. The van der Waals surface area contributed by atoms with Gasteiger partial charge >= 0.3 is 10.4 Å². The van der Waals surface area contributed by atoms with Crippen molar-refractivity contribution < 1.29 is 27.4 Å². The molecular formula is C27H48O6S. The average molecular weight is 501 g/mol. The lowest BCUT2D eigenvalue weighted by atomic mass is 9.42. The number of rotatable bonds is 7. The van der Waals surface area contributed by atoms with Crippen molar-refractivity contribution in [1.82, 2.24) is 0 Å². The molecule has 0 amide bonds. The first-order valence-electron chi connectivity index (χ1n) is 13.8. The Balaban J connectivity index is 1.60. The van der Waals surface area contributed by atoms with Crippen LogP contribution in [0.4, 0.5) is 0 Å². The number of hydrogen-bond acceptors (Lipinski definition) is 5. The lowest BCUT2D eigenvalue weighted by Gasteiger charge is -2.66. The molecule has 198 valence electrons. The van der Waals surface area contributed by atoms with Crippen LogP contribution in [0.5, 0.6) is 0 Å². The van der Waals surface area contributed by atoms with Gasteiger partial charge < -0.3 is 10.2 Å². The fourth-order valence-electron chi connectivity index (χ4n) is 9.63. The Hall–Kier alpha value is -0.210. The molecule has 0 aromatic heterocycles. The molecule has 7 heteroatoms. The van der Waals surface area contributed by atoms with Crippen LogP contribution in [0.1, 0.15) is 105 Å². The van der Waals surface area contributed by atoms with Crippen molar-refractivity contribution in [2.24, 2.45) is 46.3 Å². The van der Waals surface area contributed by atoms with Crippen LogP contribution >= 0.6 is 0 Å². The van der Waals surface area contributed by atoms with Gasteiger partial charge in [0.1, 0.15) is 5.60 Å². The van der Waals surface area contributed by atoms with Crippen molar-refractivity contribution in [2.45, 2.75) is 123 Å². The quantitative estimate of drug-likeness (QED) is 0.405. The predicted octanol–water partition coefficient (Wildman–Crippen LogP) is 5.38. The van der Waals surface area contributed by atoms with E-state index in [9.17, 15) is 23.2 Å². The average Bonchev–Trinajstić information content (AvgIpc) is 3.06. The van der Waals surface area contributed by atoms with Gasteiger partial charge in [0.15, 0.2) is 0 Å². The molecule has 0 saturated heterocycles. The number of aliphatic hydroxyl groups is 2. The zero-order chi connectivity index (χ0) is 25.1. The highest BCUT2D eigenvalue weighted by atomic mass is 32.3. The monoisotopic (exact) mass is 500 g/mol. The first-order chi connectivity index (χ1) is 15.7. The summed E-state index contributed by atoms with van der Waals surface area (Å²) in [6.45, 7) is 11.6. The fraction of sp³-hybridized carbons (Fsp3) is 1.00. The third-order valence-electron chi connectivity index (χ3n) is 11.2. The molecule has 0 aromatic carbocycles. The first-order valence-corrected chi connectivity index (χ1v) is 15.1. The highest BCUT2D eigenvalue weighted by molar-refractivity contribution is 7.80. The molecule has 4 fully saturated rings. The fourth-order valence-corrected chi connectivity index (χ4v) is 10.4. The van der Waals surface area contributed by atoms with Crippen LogP contribution in [0, 0.1) is 46.3 Å². The van der Waals surface area contributed by atoms with Gasteiger partial charge in [-0.15, -0.1) is 0 Å². The normalized spacial score (nSPS) is 47.7. The Labute approximate surface area is 207 Å². The van der Waals surface area contributed by atoms with E-state index in [0.717, 1.165) is 18.8 Å². The summed E-state index contributed by atoms with van der Waals surface area (Å²) >= 11 is 0. The molecule has 0 aromatic rings. The van der Waals surface area contributed by atoms with Crippen LogP contribution in [0.25, 0.3) is 0 Å². The van der Waals surface area contributed by atoms with E-state index in [4.69, 9.17) is 4.18 Å². The van der Waals surface area contributed by atoms with Gasteiger partial charge in [0.2, 0.25) is 0 Å². The maximum Gasteiger partial charge on any atom is 0.398 e. The summed E-state index contributed by atoms with van der Waals surface area (Å²) in [5.41, 5.74) is -1.81. The van der Waals surface area contributed by atoms with E-state index < -0.39 is 33.6 Å². The zero-order valence-corrected chi connectivity index (χ0v) is 22.7. The minimum atomic E-state index is -4.77. The van der Waals surface area contributed by atoms with E-state index in [1.165, 1.54) is 32.1 Å². The van der Waals surface area contributed by atoms with Crippen LogP contribution in [0.3, 0.4) is 0 Å². The number of hydrogen-bond donors (Lipinski definition) is 3. The number of aliphatic hydroxyl groups excluding tert-OH is 2. The van der Waals surface area contributed by atoms with Gasteiger partial charge in [-0.3, -0.25) is 4.55 Å². The molecule has 34 heavy (non-hydrogen) atoms. The summed E-state index contributed by atoms with van der Waals surface area (Å²) in [4.78, 5) is 0. The highest BCUT2D eigenvalue weighted by Crippen LogP contribution is 2.70. The van der Waals surface area contributed by atoms with Crippen molar-refractivity contribution in [3.8, 4) is 0 Å².